The SMILES string of the molecule is CC(Cc1cccs1)N(C)C1(CN)CCCN(C)C1. The fourth-order valence-corrected chi connectivity index (χ4v) is 4.09. The molecule has 0 radical (unpaired) electrons. The van der Waals surface area contributed by atoms with Crippen molar-refractivity contribution >= 4 is 11.3 Å². The summed E-state index contributed by atoms with van der Waals surface area (Å²) in [4.78, 5) is 6.42. The Balaban J connectivity index is 2.04. The molecule has 1 aliphatic rings. The van der Waals surface area contributed by atoms with Crippen LogP contribution < -0.4 is 5.73 Å². The van der Waals surface area contributed by atoms with Crippen LogP contribution in [0.15, 0.2) is 17.5 Å². The van der Waals surface area contributed by atoms with Gasteiger partial charge >= 0.3 is 0 Å². The second-order valence-corrected chi connectivity index (χ2v) is 7.05. The van der Waals surface area contributed by atoms with Crippen molar-refractivity contribution in [3.8, 4) is 0 Å². The van der Waals surface area contributed by atoms with Gasteiger partial charge in [-0.2, -0.15) is 0 Å². The van der Waals surface area contributed by atoms with E-state index in [4.69, 9.17) is 5.73 Å². The number of piperidine rings is 1. The van der Waals surface area contributed by atoms with Gasteiger partial charge in [-0.1, -0.05) is 6.07 Å². The van der Waals surface area contributed by atoms with E-state index in [0.717, 1.165) is 19.5 Å². The molecular weight excluding hydrogens is 254 g/mol. The first-order valence-electron chi connectivity index (χ1n) is 7.21. The zero-order valence-electron chi connectivity index (χ0n) is 12.4. The average molecular weight is 281 g/mol. The molecule has 1 aliphatic heterocycles. The van der Waals surface area contributed by atoms with E-state index in [1.54, 1.807) is 0 Å². The monoisotopic (exact) mass is 281 g/mol. The van der Waals surface area contributed by atoms with Gasteiger partial charge in [-0.15, -0.1) is 11.3 Å². The molecule has 19 heavy (non-hydrogen) atoms. The van der Waals surface area contributed by atoms with Gasteiger partial charge in [0.1, 0.15) is 0 Å². The van der Waals surface area contributed by atoms with Crippen molar-refractivity contribution < 1.29 is 0 Å². The zero-order chi connectivity index (χ0) is 13.9. The fraction of sp³-hybridized carbons (Fsp3) is 0.733. The number of likely N-dealkylation sites (tertiary alicyclic amines) is 1. The molecule has 0 aliphatic carbocycles. The van der Waals surface area contributed by atoms with Crippen molar-refractivity contribution in [1.29, 1.82) is 0 Å². The number of nitrogens with two attached hydrogens (primary N) is 1. The minimum Gasteiger partial charge on any atom is -0.329 e. The van der Waals surface area contributed by atoms with Crippen LogP contribution in [0.5, 0.6) is 0 Å². The molecule has 4 heteroatoms. The number of nitrogens with zero attached hydrogens (tertiary/aromatic N) is 2. The van der Waals surface area contributed by atoms with Gasteiger partial charge in [-0.25, -0.2) is 0 Å². The van der Waals surface area contributed by atoms with E-state index in [2.05, 4.69) is 48.3 Å². The first-order valence-corrected chi connectivity index (χ1v) is 8.09. The maximum atomic E-state index is 6.15. The van der Waals surface area contributed by atoms with Gasteiger partial charge in [0, 0.05) is 29.5 Å². The second-order valence-electron chi connectivity index (χ2n) is 6.01. The summed E-state index contributed by atoms with van der Waals surface area (Å²) in [5, 5.41) is 2.16. The molecule has 108 valence electrons. The van der Waals surface area contributed by atoms with Gasteiger partial charge in [-0.3, -0.25) is 4.90 Å². The predicted molar refractivity (Wildman–Crippen MR) is 83.8 cm³/mol. The van der Waals surface area contributed by atoms with Crippen LogP contribution in [0.25, 0.3) is 0 Å². The van der Waals surface area contributed by atoms with E-state index in [1.807, 2.05) is 11.3 Å². The minimum absolute atomic E-state index is 0.156. The van der Waals surface area contributed by atoms with Gasteiger partial charge in [0.05, 0.1) is 0 Å². The number of likely N-dealkylation sites (N-methyl/N-ethyl adjacent to an activating group) is 2. The van der Waals surface area contributed by atoms with E-state index in [9.17, 15) is 0 Å². The van der Waals surface area contributed by atoms with Crippen LogP contribution in [-0.4, -0.2) is 55.1 Å². The molecule has 0 amide bonds. The summed E-state index contributed by atoms with van der Waals surface area (Å²) in [6.45, 7) is 5.37. The number of rotatable bonds is 5. The summed E-state index contributed by atoms with van der Waals surface area (Å²) in [7, 11) is 4.46. The maximum Gasteiger partial charge on any atom is 0.0458 e. The molecule has 2 N–H and O–H groups in total. The Bertz CT molecular complexity index is 379. The standard InChI is InChI=1S/C15H27N3S/c1-13(10-14-6-4-9-19-14)18(3)15(11-16)7-5-8-17(2)12-15/h4,6,9,13H,5,7-8,10-12,16H2,1-3H3. The highest BCUT2D eigenvalue weighted by atomic mass is 32.1. The molecule has 1 saturated heterocycles. The molecular formula is C15H27N3S. The second kappa shape index (κ2) is 6.35. The molecule has 0 spiro atoms. The Labute approximate surface area is 121 Å². The predicted octanol–water partition coefficient (Wildman–Crippen LogP) is 2.03. The van der Waals surface area contributed by atoms with E-state index in [-0.39, 0.29) is 5.54 Å². The van der Waals surface area contributed by atoms with Crippen molar-refractivity contribution in [3.05, 3.63) is 22.4 Å². The Morgan fingerprint density at radius 1 is 1.58 bits per heavy atom. The third-order valence-corrected chi connectivity index (χ3v) is 5.51. The smallest absolute Gasteiger partial charge is 0.0458 e. The molecule has 2 rings (SSSR count). The lowest BCUT2D eigenvalue weighted by Crippen LogP contribution is -2.63. The van der Waals surface area contributed by atoms with Gasteiger partial charge in [-0.05, 0) is 58.3 Å². The van der Waals surface area contributed by atoms with Crippen LogP contribution in [0.4, 0.5) is 0 Å². The Hall–Kier alpha value is -0.420. The summed E-state index contributed by atoms with van der Waals surface area (Å²) in [5.74, 6) is 0. The topological polar surface area (TPSA) is 32.5 Å². The number of hydrogen-bond acceptors (Lipinski definition) is 4. The molecule has 2 heterocycles. The van der Waals surface area contributed by atoms with Gasteiger partial charge in [0.2, 0.25) is 0 Å². The van der Waals surface area contributed by atoms with Crippen LogP contribution in [-0.2, 0) is 6.42 Å². The third-order valence-electron chi connectivity index (χ3n) is 4.61. The number of thiophene rings is 1. The molecule has 1 aromatic heterocycles. The first kappa shape index (κ1) is 15.0. The minimum atomic E-state index is 0.156. The molecule has 1 fully saturated rings. The van der Waals surface area contributed by atoms with Crippen molar-refractivity contribution in [3.63, 3.8) is 0 Å². The highest BCUT2D eigenvalue weighted by Gasteiger charge is 2.38. The average Bonchev–Trinajstić information content (AvgIpc) is 2.90. The van der Waals surface area contributed by atoms with Crippen LogP contribution in [0.2, 0.25) is 0 Å². The van der Waals surface area contributed by atoms with Gasteiger partial charge < -0.3 is 10.6 Å². The highest BCUT2D eigenvalue weighted by Crippen LogP contribution is 2.28. The van der Waals surface area contributed by atoms with Gasteiger partial charge in [0.15, 0.2) is 0 Å². The molecule has 0 saturated carbocycles. The normalized spacial score (nSPS) is 26.8. The summed E-state index contributed by atoms with van der Waals surface area (Å²) >= 11 is 1.85. The van der Waals surface area contributed by atoms with E-state index in [0.29, 0.717) is 6.04 Å². The molecule has 1 aromatic rings. The Kier molecular flexibility index (Phi) is 5.01. The molecule has 0 aromatic carbocycles. The Morgan fingerprint density at radius 3 is 2.95 bits per heavy atom. The zero-order valence-corrected chi connectivity index (χ0v) is 13.2. The largest absolute Gasteiger partial charge is 0.329 e. The lowest BCUT2D eigenvalue weighted by molar-refractivity contribution is 0.0204. The summed E-state index contributed by atoms with van der Waals surface area (Å²) in [6, 6.07) is 4.91. The third kappa shape index (κ3) is 3.37. The van der Waals surface area contributed by atoms with Crippen molar-refractivity contribution in [1.82, 2.24) is 9.80 Å². The van der Waals surface area contributed by atoms with E-state index < -0.39 is 0 Å². The summed E-state index contributed by atoms with van der Waals surface area (Å²) in [6.07, 6.45) is 3.60. The van der Waals surface area contributed by atoms with Crippen LogP contribution in [0.1, 0.15) is 24.6 Å². The molecule has 0 bridgehead atoms. The van der Waals surface area contributed by atoms with Crippen molar-refractivity contribution in [2.24, 2.45) is 5.73 Å². The van der Waals surface area contributed by atoms with Crippen molar-refractivity contribution in [2.75, 3.05) is 33.7 Å². The highest BCUT2D eigenvalue weighted by molar-refractivity contribution is 7.09. The quantitative estimate of drug-likeness (QED) is 0.896. The van der Waals surface area contributed by atoms with E-state index >= 15 is 0 Å². The van der Waals surface area contributed by atoms with Crippen LogP contribution >= 0.6 is 11.3 Å². The number of hydrogen-bond donors (Lipinski definition) is 1. The maximum absolute atomic E-state index is 6.15. The Morgan fingerprint density at radius 2 is 2.37 bits per heavy atom. The lowest BCUT2D eigenvalue weighted by Gasteiger charge is -2.49. The van der Waals surface area contributed by atoms with E-state index in [1.165, 1.54) is 24.3 Å². The summed E-state index contributed by atoms with van der Waals surface area (Å²) in [5.41, 5.74) is 6.30. The lowest BCUT2D eigenvalue weighted by atomic mass is 9.86. The summed E-state index contributed by atoms with van der Waals surface area (Å²) < 4.78 is 0. The van der Waals surface area contributed by atoms with Gasteiger partial charge in [0.25, 0.3) is 0 Å². The molecule has 3 nitrogen and oxygen atoms in total. The van der Waals surface area contributed by atoms with Crippen molar-refractivity contribution in [2.45, 2.75) is 37.8 Å². The molecule has 2 unspecified atom stereocenters. The van der Waals surface area contributed by atoms with Crippen LogP contribution in [0.3, 0.4) is 0 Å². The fourth-order valence-electron chi connectivity index (χ4n) is 3.26. The molecule has 2 atom stereocenters. The van der Waals surface area contributed by atoms with Crippen LogP contribution in [0, 0.1) is 0 Å². The first-order chi connectivity index (χ1) is 9.07.